The summed E-state index contributed by atoms with van der Waals surface area (Å²) in [6.07, 6.45) is 1.06. The molecular formula is C19H19NO. The highest BCUT2D eigenvalue weighted by molar-refractivity contribution is 5.84. The number of fused-ring (bicyclic) bond motifs is 1. The van der Waals surface area contributed by atoms with E-state index in [0.29, 0.717) is 11.6 Å². The van der Waals surface area contributed by atoms with Crippen LogP contribution in [0.4, 0.5) is 0 Å². The molecule has 1 atom stereocenters. The van der Waals surface area contributed by atoms with Crippen LogP contribution >= 0.6 is 0 Å². The van der Waals surface area contributed by atoms with Crippen molar-refractivity contribution >= 4 is 10.8 Å². The van der Waals surface area contributed by atoms with Gasteiger partial charge in [-0.05, 0) is 28.5 Å². The van der Waals surface area contributed by atoms with Gasteiger partial charge in [-0.1, -0.05) is 62.4 Å². The molecule has 3 aromatic rings. The highest BCUT2D eigenvalue weighted by Crippen LogP contribution is 2.27. The van der Waals surface area contributed by atoms with Gasteiger partial charge in [-0.15, -0.1) is 0 Å². The Morgan fingerprint density at radius 2 is 1.52 bits per heavy atom. The van der Waals surface area contributed by atoms with Gasteiger partial charge in [-0.2, -0.15) is 0 Å². The summed E-state index contributed by atoms with van der Waals surface area (Å²) in [5, 5.41) is 12.8. The average molecular weight is 277 g/mol. The van der Waals surface area contributed by atoms with Crippen molar-refractivity contribution in [2.45, 2.75) is 25.9 Å². The highest BCUT2D eigenvalue weighted by atomic mass is 16.3. The first kappa shape index (κ1) is 13.8. The van der Waals surface area contributed by atoms with Gasteiger partial charge in [0.2, 0.25) is 0 Å². The SMILES string of the molecule is CC(C)c1ccc(C(O)c2nccc3ccccc23)cc1. The zero-order valence-corrected chi connectivity index (χ0v) is 12.3. The summed E-state index contributed by atoms with van der Waals surface area (Å²) in [5.74, 6) is 0.492. The van der Waals surface area contributed by atoms with Crippen molar-refractivity contribution in [1.82, 2.24) is 4.98 Å². The van der Waals surface area contributed by atoms with Crippen LogP contribution in [0.2, 0.25) is 0 Å². The molecule has 0 saturated carbocycles. The maximum atomic E-state index is 10.7. The summed E-state index contributed by atoms with van der Waals surface area (Å²) in [7, 11) is 0. The number of pyridine rings is 1. The molecule has 1 heterocycles. The van der Waals surface area contributed by atoms with Crippen LogP contribution in [0.1, 0.15) is 42.7 Å². The van der Waals surface area contributed by atoms with Crippen molar-refractivity contribution in [2.24, 2.45) is 0 Å². The van der Waals surface area contributed by atoms with E-state index in [4.69, 9.17) is 0 Å². The van der Waals surface area contributed by atoms with E-state index in [-0.39, 0.29) is 0 Å². The number of hydrogen-bond donors (Lipinski definition) is 1. The lowest BCUT2D eigenvalue weighted by Crippen LogP contribution is -2.03. The van der Waals surface area contributed by atoms with Crippen LogP contribution in [0, 0.1) is 0 Å². The Morgan fingerprint density at radius 1 is 0.857 bits per heavy atom. The van der Waals surface area contributed by atoms with Crippen molar-refractivity contribution in [2.75, 3.05) is 0 Å². The van der Waals surface area contributed by atoms with Crippen LogP contribution in [-0.4, -0.2) is 10.1 Å². The fraction of sp³-hybridized carbons (Fsp3) is 0.211. The minimum Gasteiger partial charge on any atom is -0.382 e. The van der Waals surface area contributed by atoms with Crippen LogP contribution in [0.15, 0.2) is 60.8 Å². The molecule has 0 amide bonds. The predicted molar refractivity (Wildman–Crippen MR) is 86.3 cm³/mol. The molecule has 2 nitrogen and oxygen atoms in total. The smallest absolute Gasteiger partial charge is 0.122 e. The van der Waals surface area contributed by atoms with Gasteiger partial charge in [-0.25, -0.2) is 0 Å². The van der Waals surface area contributed by atoms with Gasteiger partial charge >= 0.3 is 0 Å². The minimum absolute atomic E-state index is 0.492. The summed E-state index contributed by atoms with van der Waals surface area (Å²) in [5.41, 5.74) is 2.87. The van der Waals surface area contributed by atoms with E-state index < -0.39 is 6.10 Å². The number of rotatable bonds is 3. The number of nitrogens with zero attached hydrogens (tertiary/aromatic N) is 1. The second-order valence-electron chi connectivity index (χ2n) is 5.64. The van der Waals surface area contributed by atoms with Crippen LogP contribution in [0.25, 0.3) is 10.8 Å². The predicted octanol–water partition coefficient (Wildman–Crippen LogP) is 4.44. The molecular weight excluding hydrogens is 258 g/mol. The third kappa shape index (κ3) is 2.67. The molecule has 0 aliphatic rings. The maximum absolute atomic E-state index is 10.7. The van der Waals surface area contributed by atoms with Gasteiger partial charge in [-0.3, -0.25) is 4.98 Å². The van der Waals surface area contributed by atoms with Crippen molar-refractivity contribution in [3.63, 3.8) is 0 Å². The topological polar surface area (TPSA) is 33.1 Å². The van der Waals surface area contributed by atoms with E-state index in [2.05, 4.69) is 31.0 Å². The molecule has 2 aromatic carbocycles. The van der Waals surface area contributed by atoms with E-state index in [0.717, 1.165) is 16.3 Å². The zero-order valence-electron chi connectivity index (χ0n) is 12.3. The van der Waals surface area contributed by atoms with Crippen molar-refractivity contribution in [3.8, 4) is 0 Å². The second-order valence-corrected chi connectivity index (χ2v) is 5.64. The Bertz CT molecular complexity index is 742. The van der Waals surface area contributed by atoms with E-state index in [1.54, 1.807) is 6.20 Å². The van der Waals surface area contributed by atoms with E-state index in [1.165, 1.54) is 5.56 Å². The molecule has 3 rings (SSSR count). The normalized spacial score (nSPS) is 12.8. The number of aliphatic hydroxyl groups is 1. The molecule has 1 N–H and O–H groups in total. The summed E-state index contributed by atoms with van der Waals surface area (Å²) >= 11 is 0. The van der Waals surface area contributed by atoms with Crippen molar-refractivity contribution in [1.29, 1.82) is 0 Å². The molecule has 0 saturated heterocycles. The fourth-order valence-corrected chi connectivity index (χ4v) is 2.58. The van der Waals surface area contributed by atoms with Gasteiger partial charge in [0, 0.05) is 11.6 Å². The first-order valence-electron chi connectivity index (χ1n) is 7.28. The molecule has 2 heteroatoms. The molecule has 0 bridgehead atoms. The van der Waals surface area contributed by atoms with Gasteiger partial charge < -0.3 is 5.11 Å². The quantitative estimate of drug-likeness (QED) is 0.767. The van der Waals surface area contributed by atoms with Gasteiger partial charge in [0.25, 0.3) is 0 Å². The summed E-state index contributed by atoms with van der Waals surface area (Å²) in [4.78, 5) is 4.39. The third-order valence-electron chi connectivity index (χ3n) is 3.88. The molecule has 21 heavy (non-hydrogen) atoms. The van der Waals surface area contributed by atoms with E-state index >= 15 is 0 Å². The van der Waals surface area contributed by atoms with Crippen LogP contribution < -0.4 is 0 Å². The van der Waals surface area contributed by atoms with Crippen LogP contribution in [0.3, 0.4) is 0 Å². The van der Waals surface area contributed by atoms with Crippen molar-refractivity contribution < 1.29 is 5.11 Å². The number of aliphatic hydroxyl groups excluding tert-OH is 1. The third-order valence-corrected chi connectivity index (χ3v) is 3.88. The van der Waals surface area contributed by atoms with Crippen LogP contribution in [-0.2, 0) is 0 Å². The van der Waals surface area contributed by atoms with Crippen molar-refractivity contribution in [3.05, 3.63) is 77.6 Å². The Balaban J connectivity index is 2.02. The number of hydrogen-bond acceptors (Lipinski definition) is 2. The first-order valence-corrected chi connectivity index (χ1v) is 7.28. The monoisotopic (exact) mass is 277 g/mol. The van der Waals surface area contributed by atoms with Crippen LogP contribution in [0.5, 0.6) is 0 Å². The second kappa shape index (κ2) is 5.66. The average Bonchev–Trinajstić information content (AvgIpc) is 2.53. The summed E-state index contributed by atoms with van der Waals surface area (Å²) in [6.45, 7) is 4.33. The molecule has 1 unspecified atom stereocenters. The molecule has 0 aliphatic carbocycles. The maximum Gasteiger partial charge on any atom is 0.122 e. The molecule has 0 aliphatic heterocycles. The minimum atomic E-state index is -0.697. The lowest BCUT2D eigenvalue weighted by atomic mass is 9.97. The lowest BCUT2D eigenvalue weighted by molar-refractivity contribution is 0.217. The fourth-order valence-electron chi connectivity index (χ4n) is 2.58. The number of aromatic nitrogens is 1. The standard InChI is InChI=1S/C19H19NO/c1-13(2)14-7-9-16(10-8-14)19(21)18-17-6-4-3-5-15(17)11-12-20-18/h3-13,19,21H,1-2H3. The van der Waals surface area contributed by atoms with Gasteiger partial charge in [0.1, 0.15) is 6.10 Å². The van der Waals surface area contributed by atoms with E-state index in [9.17, 15) is 5.11 Å². The molecule has 0 fully saturated rings. The largest absolute Gasteiger partial charge is 0.382 e. The highest BCUT2D eigenvalue weighted by Gasteiger charge is 2.15. The molecule has 0 radical (unpaired) electrons. The van der Waals surface area contributed by atoms with Gasteiger partial charge in [0.05, 0.1) is 5.69 Å². The molecule has 0 spiro atoms. The summed E-state index contributed by atoms with van der Waals surface area (Å²) < 4.78 is 0. The first-order chi connectivity index (χ1) is 10.2. The number of benzene rings is 2. The summed E-state index contributed by atoms with van der Waals surface area (Å²) in [6, 6.07) is 18.1. The Hall–Kier alpha value is -2.19. The Labute approximate surface area is 125 Å². The molecule has 106 valence electrons. The Kier molecular flexibility index (Phi) is 3.72. The van der Waals surface area contributed by atoms with Gasteiger partial charge in [0.15, 0.2) is 0 Å². The lowest BCUT2D eigenvalue weighted by Gasteiger charge is -2.14. The Morgan fingerprint density at radius 3 is 2.24 bits per heavy atom. The zero-order chi connectivity index (χ0) is 14.8. The van der Waals surface area contributed by atoms with E-state index in [1.807, 2.05) is 42.5 Å². The molecule has 1 aromatic heterocycles.